The lowest BCUT2D eigenvalue weighted by Crippen LogP contribution is -2.24. The van der Waals surface area contributed by atoms with E-state index < -0.39 is 0 Å². The molecule has 0 saturated heterocycles. The molecule has 0 fully saturated rings. The van der Waals surface area contributed by atoms with Gasteiger partial charge in [0, 0.05) is 19.5 Å². The van der Waals surface area contributed by atoms with Crippen molar-refractivity contribution < 1.29 is 4.79 Å². The molecule has 1 N–H and O–H groups in total. The van der Waals surface area contributed by atoms with Crippen LogP contribution in [0.4, 0.5) is 0 Å². The molecule has 0 aliphatic carbocycles. The van der Waals surface area contributed by atoms with Crippen molar-refractivity contribution in [2.75, 3.05) is 6.54 Å². The van der Waals surface area contributed by atoms with Gasteiger partial charge in [-0.15, -0.1) is 5.10 Å². The Bertz CT molecular complexity index is 323. The second-order valence-corrected chi connectivity index (χ2v) is 3.76. The van der Waals surface area contributed by atoms with Gasteiger partial charge in [-0.05, 0) is 30.2 Å². The Balaban J connectivity index is 2.11. The van der Waals surface area contributed by atoms with Crippen molar-refractivity contribution in [2.24, 2.45) is 0 Å². The van der Waals surface area contributed by atoms with Crippen molar-refractivity contribution in [1.29, 1.82) is 0 Å². The molecule has 1 rings (SSSR count). The smallest absolute Gasteiger partial charge is 0.220 e. The fraction of sp³-hybridized carbons (Fsp3) is 0.800. The predicted molar refractivity (Wildman–Crippen MR) is 59.7 cm³/mol. The molecule has 6 nitrogen and oxygen atoms in total. The summed E-state index contributed by atoms with van der Waals surface area (Å²) in [5, 5.41) is 14.0. The lowest BCUT2D eigenvalue weighted by molar-refractivity contribution is -0.121. The summed E-state index contributed by atoms with van der Waals surface area (Å²) in [7, 11) is 0. The monoisotopic (exact) mass is 225 g/mol. The third-order valence-electron chi connectivity index (χ3n) is 2.34. The molecule has 0 aliphatic heterocycles. The number of amides is 1. The van der Waals surface area contributed by atoms with Gasteiger partial charge in [-0.2, -0.15) is 0 Å². The molecule has 6 heteroatoms. The van der Waals surface area contributed by atoms with E-state index >= 15 is 0 Å². The zero-order chi connectivity index (χ0) is 11.8. The molecule has 90 valence electrons. The van der Waals surface area contributed by atoms with E-state index in [2.05, 4.69) is 27.8 Å². The average molecular weight is 225 g/mol. The van der Waals surface area contributed by atoms with Gasteiger partial charge in [0.15, 0.2) is 0 Å². The number of nitrogens with one attached hydrogen (secondary N) is 1. The Kier molecular flexibility index (Phi) is 5.45. The zero-order valence-electron chi connectivity index (χ0n) is 9.94. The molecule has 0 spiro atoms. The number of carbonyl (C=O) groups is 1. The first-order valence-corrected chi connectivity index (χ1v) is 5.73. The fourth-order valence-corrected chi connectivity index (χ4v) is 1.34. The van der Waals surface area contributed by atoms with E-state index in [-0.39, 0.29) is 5.91 Å². The van der Waals surface area contributed by atoms with Crippen LogP contribution in [0, 0.1) is 6.92 Å². The summed E-state index contributed by atoms with van der Waals surface area (Å²) in [5.41, 5.74) is 0. The maximum Gasteiger partial charge on any atom is 0.220 e. The highest BCUT2D eigenvalue weighted by molar-refractivity contribution is 5.75. The van der Waals surface area contributed by atoms with Gasteiger partial charge in [0.05, 0.1) is 0 Å². The van der Waals surface area contributed by atoms with Gasteiger partial charge in [0.2, 0.25) is 5.91 Å². The Morgan fingerprint density at radius 3 is 2.88 bits per heavy atom. The Hall–Kier alpha value is -1.46. The maximum absolute atomic E-state index is 11.4. The molecule has 0 aromatic carbocycles. The summed E-state index contributed by atoms with van der Waals surface area (Å²) in [6.45, 7) is 5.42. The van der Waals surface area contributed by atoms with Gasteiger partial charge in [0.1, 0.15) is 5.82 Å². The van der Waals surface area contributed by atoms with Gasteiger partial charge < -0.3 is 5.32 Å². The minimum atomic E-state index is 0.110. The first-order chi connectivity index (χ1) is 7.74. The predicted octanol–water partition coefficient (Wildman–Crippen LogP) is 0.678. The van der Waals surface area contributed by atoms with Crippen LogP contribution in [0.5, 0.6) is 0 Å². The number of unbranched alkanes of at least 4 members (excludes halogenated alkanes) is 1. The fourth-order valence-electron chi connectivity index (χ4n) is 1.34. The molecule has 1 amide bonds. The highest BCUT2D eigenvalue weighted by Crippen LogP contribution is 1.96. The van der Waals surface area contributed by atoms with E-state index in [1.807, 2.05) is 6.92 Å². The number of aromatic nitrogens is 4. The first-order valence-electron chi connectivity index (χ1n) is 5.73. The van der Waals surface area contributed by atoms with Crippen LogP contribution in [0.2, 0.25) is 0 Å². The summed E-state index contributed by atoms with van der Waals surface area (Å²) in [6, 6.07) is 0. The molecule has 0 aliphatic rings. The second-order valence-electron chi connectivity index (χ2n) is 3.76. The molecular formula is C10H19N5O. The zero-order valence-corrected chi connectivity index (χ0v) is 9.94. The molecule has 0 bridgehead atoms. The van der Waals surface area contributed by atoms with Gasteiger partial charge >= 0.3 is 0 Å². The van der Waals surface area contributed by atoms with Crippen molar-refractivity contribution >= 4 is 5.91 Å². The van der Waals surface area contributed by atoms with Crippen LogP contribution in [0.3, 0.4) is 0 Å². The second kappa shape index (κ2) is 6.92. The highest BCUT2D eigenvalue weighted by atomic mass is 16.1. The van der Waals surface area contributed by atoms with Crippen molar-refractivity contribution in [3.05, 3.63) is 5.82 Å². The minimum Gasteiger partial charge on any atom is -0.356 e. The molecule has 0 unspecified atom stereocenters. The number of tetrazole rings is 1. The summed E-state index contributed by atoms with van der Waals surface area (Å²) >= 11 is 0. The summed E-state index contributed by atoms with van der Waals surface area (Å²) in [4.78, 5) is 11.4. The summed E-state index contributed by atoms with van der Waals surface area (Å²) in [6.07, 6.45) is 3.44. The molecule has 0 radical (unpaired) electrons. The van der Waals surface area contributed by atoms with Crippen molar-refractivity contribution in [1.82, 2.24) is 25.5 Å². The topological polar surface area (TPSA) is 72.7 Å². The SMILES string of the molecule is CCCCNC(=O)CCCn1nnnc1C. The van der Waals surface area contributed by atoms with Gasteiger partial charge in [-0.25, -0.2) is 4.68 Å². The van der Waals surface area contributed by atoms with Crippen LogP contribution in [-0.2, 0) is 11.3 Å². The van der Waals surface area contributed by atoms with Crippen LogP contribution < -0.4 is 5.32 Å². The van der Waals surface area contributed by atoms with Crippen LogP contribution >= 0.6 is 0 Å². The lowest BCUT2D eigenvalue weighted by atomic mass is 10.3. The van der Waals surface area contributed by atoms with Crippen molar-refractivity contribution in [3.8, 4) is 0 Å². The maximum atomic E-state index is 11.4. The molecule has 1 aromatic heterocycles. The van der Waals surface area contributed by atoms with E-state index in [4.69, 9.17) is 0 Å². The molecule has 0 atom stereocenters. The van der Waals surface area contributed by atoms with Crippen LogP contribution in [-0.4, -0.2) is 32.7 Å². The normalized spacial score (nSPS) is 10.4. The molecule has 1 heterocycles. The largest absolute Gasteiger partial charge is 0.356 e. The Morgan fingerprint density at radius 1 is 1.44 bits per heavy atom. The number of hydrogen-bond acceptors (Lipinski definition) is 4. The molecular weight excluding hydrogens is 206 g/mol. The molecule has 0 saturated carbocycles. The Labute approximate surface area is 95.4 Å². The van der Waals surface area contributed by atoms with E-state index in [9.17, 15) is 4.79 Å². The number of nitrogens with zero attached hydrogens (tertiary/aromatic N) is 4. The van der Waals surface area contributed by atoms with Crippen LogP contribution in [0.15, 0.2) is 0 Å². The van der Waals surface area contributed by atoms with Crippen LogP contribution in [0.25, 0.3) is 0 Å². The first kappa shape index (κ1) is 12.6. The van der Waals surface area contributed by atoms with Gasteiger partial charge in [0.25, 0.3) is 0 Å². The molecule has 16 heavy (non-hydrogen) atoms. The average Bonchev–Trinajstić information content (AvgIpc) is 2.65. The van der Waals surface area contributed by atoms with E-state index in [0.29, 0.717) is 13.0 Å². The van der Waals surface area contributed by atoms with E-state index in [0.717, 1.165) is 31.6 Å². The van der Waals surface area contributed by atoms with Gasteiger partial charge in [-0.3, -0.25) is 4.79 Å². The quantitative estimate of drug-likeness (QED) is 0.692. The van der Waals surface area contributed by atoms with E-state index in [1.165, 1.54) is 0 Å². The van der Waals surface area contributed by atoms with Crippen LogP contribution in [0.1, 0.15) is 38.4 Å². The van der Waals surface area contributed by atoms with E-state index in [1.54, 1.807) is 4.68 Å². The Morgan fingerprint density at radius 2 is 2.25 bits per heavy atom. The summed E-state index contributed by atoms with van der Waals surface area (Å²) in [5.74, 6) is 0.894. The molecule has 1 aromatic rings. The van der Waals surface area contributed by atoms with Gasteiger partial charge in [-0.1, -0.05) is 13.3 Å². The third kappa shape index (κ3) is 4.37. The minimum absolute atomic E-state index is 0.110. The number of aryl methyl sites for hydroxylation is 2. The summed E-state index contributed by atoms with van der Waals surface area (Å²) < 4.78 is 1.71. The van der Waals surface area contributed by atoms with Crippen molar-refractivity contribution in [3.63, 3.8) is 0 Å². The number of hydrogen-bond donors (Lipinski definition) is 1. The standard InChI is InChI=1S/C10H19N5O/c1-3-4-7-11-10(16)6-5-8-15-9(2)12-13-14-15/h3-8H2,1-2H3,(H,11,16). The number of carbonyl (C=O) groups excluding carboxylic acids is 1. The van der Waals surface area contributed by atoms with Crippen molar-refractivity contribution in [2.45, 2.75) is 46.1 Å². The highest BCUT2D eigenvalue weighted by Gasteiger charge is 2.03. The number of rotatable bonds is 7. The lowest BCUT2D eigenvalue weighted by Gasteiger charge is -2.04. The third-order valence-corrected chi connectivity index (χ3v) is 2.34.